The summed E-state index contributed by atoms with van der Waals surface area (Å²) >= 11 is 0. The SMILES string of the molecule is Cc1ccccc1OP(=O)(Oc1ccccc1C)Oc1ccccc1C.[GaH3]. The molecule has 3 aromatic carbocycles. The standard InChI is InChI=1S/C21H21O4P.Ga.3H/c1-16-10-4-7-13-19(16)23-26(22,24-20-14-8-5-11-17(20)2)25-21-15-9-6-12-18(21)3;;;;/h4-15H,1-3H3;;;;. The van der Waals surface area contributed by atoms with Crippen molar-refractivity contribution in [3.05, 3.63) is 89.5 Å². The van der Waals surface area contributed by atoms with Gasteiger partial charge in [-0.3, -0.25) is 0 Å². The minimum absolute atomic E-state index is 0. The second-order valence-corrected chi connectivity index (χ2v) is 7.46. The van der Waals surface area contributed by atoms with Gasteiger partial charge in [0.25, 0.3) is 0 Å². The molecule has 3 aromatic rings. The number of para-hydroxylation sites is 3. The van der Waals surface area contributed by atoms with Crippen molar-refractivity contribution in [1.82, 2.24) is 0 Å². The second kappa shape index (κ2) is 9.22. The van der Waals surface area contributed by atoms with E-state index in [2.05, 4.69) is 0 Å². The summed E-state index contributed by atoms with van der Waals surface area (Å²) in [6.45, 7) is 5.63. The van der Waals surface area contributed by atoms with E-state index < -0.39 is 7.82 Å². The Morgan fingerprint density at radius 2 is 0.815 bits per heavy atom. The molecule has 0 amide bonds. The molecule has 0 N–H and O–H groups in total. The number of phosphoric acid groups is 1. The first kappa shape index (κ1) is 21.2. The van der Waals surface area contributed by atoms with Crippen molar-refractivity contribution in [2.24, 2.45) is 0 Å². The van der Waals surface area contributed by atoms with Crippen LogP contribution in [-0.4, -0.2) is 19.8 Å². The van der Waals surface area contributed by atoms with Gasteiger partial charge in [0.05, 0.1) is 0 Å². The molecule has 0 atom stereocenters. The van der Waals surface area contributed by atoms with Gasteiger partial charge in [-0.15, -0.1) is 0 Å². The first-order valence-electron chi connectivity index (χ1n) is 8.32. The molecule has 0 aliphatic heterocycles. The molecule has 0 aliphatic rings. The molecule has 0 fully saturated rings. The van der Waals surface area contributed by atoms with Gasteiger partial charge in [0, 0.05) is 0 Å². The maximum absolute atomic E-state index is 13.5. The number of hydrogen-bond acceptors (Lipinski definition) is 4. The summed E-state index contributed by atoms with van der Waals surface area (Å²) in [5.74, 6) is 1.37. The zero-order valence-electron chi connectivity index (χ0n) is 15.0. The maximum atomic E-state index is 13.5. The molecule has 0 saturated heterocycles. The molecule has 0 aromatic heterocycles. The Kier molecular flexibility index (Phi) is 7.25. The van der Waals surface area contributed by atoms with Gasteiger partial charge in [-0.1, -0.05) is 54.6 Å². The van der Waals surface area contributed by atoms with E-state index >= 15 is 0 Å². The molecule has 0 aliphatic carbocycles. The molecule has 0 radical (unpaired) electrons. The van der Waals surface area contributed by atoms with E-state index in [1.165, 1.54) is 0 Å². The molecule has 0 bridgehead atoms. The number of rotatable bonds is 6. The van der Waals surface area contributed by atoms with Crippen LogP contribution in [0, 0.1) is 20.8 Å². The third kappa shape index (κ3) is 5.45. The fourth-order valence-corrected chi connectivity index (χ4v) is 3.84. The average Bonchev–Trinajstić information content (AvgIpc) is 2.61. The molecule has 140 valence electrons. The minimum atomic E-state index is -3.97. The molecule has 6 heteroatoms. The van der Waals surface area contributed by atoms with Crippen LogP contribution in [-0.2, 0) is 4.57 Å². The van der Waals surface area contributed by atoms with Crippen LogP contribution in [0.25, 0.3) is 0 Å². The van der Waals surface area contributed by atoms with Crippen molar-refractivity contribution < 1.29 is 18.1 Å². The van der Waals surface area contributed by atoms with Gasteiger partial charge in [-0.2, -0.15) is 4.57 Å². The van der Waals surface area contributed by atoms with Crippen LogP contribution in [0.1, 0.15) is 16.7 Å². The average molecular weight is 441 g/mol. The van der Waals surface area contributed by atoms with Crippen molar-refractivity contribution in [1.29, 1.82) is 0 Å². The third-order valence-electron chi connectivity index (χ3n) is 3.91. The van der Waals surface area contributed by atoms with Gasteiger partial charge in [-0.05, 0) is 55.7 Å². The van der Waals surface area contributed by atoms with E-state index in [9.17, 15) is 4.57 Å². The van der Waals surface area contributed by atoms with Crippen LogP contribution in [0.15, 0.2) is 72.8 Å². The van der Waals surface area contributed by atoms with Gasteiger partial charge in [0.2, 0.25) is 0 Å². The second-order valence-electron chi connectivity index (χ2n) is 6.02. The van der Waals surface area contributed by atoms with E-state index in [-0.39, 0.29) is 19.8 Å². The molecule has 0 unspecified atom stereocenters. The number of benzene rings is 3. The van der Waals surface area contributed by atoms with E-state index in [0.717, 1.165) is 16.7 Å². The van der Waals surface area contributed by atoms with Gasteiger partial charge in [0.15, 0.2) is 0 Å². The van der Waals surface area contributed by atoms with E-state index in [4.69, 9.17) is 13.6 Å². The summed E-state index contributed by atoms with van der Waals surface area (Å²) in [5.41, 5.74) is 2.53. The molecule has 0 spiro atoms. The predicted octanol–water partition coefficient (Wildman–Crippen LogP) is 5.07. The Bertz CT molecular complexity index is 836. The van der Waals surface area contributed by atoms with Crippen LogP contribution >= 0.6 is 7.82 Å². The normalized spacial score (nSPS) is 10.6. The molecular weight excluding hydrogens is 417 g/mol. The number of aryl methyl sites for hydroxylation is 3. The van der Waals surface area contributed by atoms with Crippen molar-refractivity contribution in [2.75, 3.05) is 0 Å². The van der Waals surface area contributed by atoms with Crippen LogP contribution in [0.4, 0.5) is 0 Å². The Hall–Kier alpha value is -2.07. The van der Waals surface area contributed by atoms with Crippen molar-refractivity contribution >= 4 is 27.6 Å². The van der Waals surface area contributed by atoms with Gasteiger partial charge in [0.1, 0.15) is 17.2 Å². The van der Waals surface area contributed by atoms with Gasteiger partial charge in [-0.25, -0.2) is 0 Å². The van der Waals surface area contributed by atoms with Gasteiger partial charge < -0.3 is 13.6 Å². The Morgan fingerprint density at radius 1 is 0.556 bits per heavy atom. The topological polar surface area (TPSA) is 44.8 Å². The molecule has 27 heavy (non-hydrogen) atoms. The summed E-state index contributed by atoms with van der Waals surface area (Å²) < 4.78 is 30.8. The van der Waals surface area contributed by atoms with Crippen molar-refractivity contribution in [3.8, 4) is 17.2 Å². The zero-order valence-corrected chi connectivity index (χ0v) is 15.9. The number of hydrogen-bond donors (Lipinski definition) is 0. The fourth-order valence-electron chi connectivity index (χ4n) is 2.39. The Morgan fingerprint density at radius 3 is 1.07 bits per heavy atom. The number of phosphoric ester groups is 1. The van der Waals surface area contributed by atoms with Gasteiger partial charge >= 0.3 is 27.6 Å². The molecule has 3 rings (SSSR count). The molecule has 4 nitrogen and oxygen atoms in total. The Balaban J connectivity index is 0.00000261. The summed E-state index contributed by atoms with van der Waals surface area (Å²) in [6, 6.07) is 22.0. The van der Waals surface area contributed by atoms with Crippen molar-refractivity contribution in [2.45, 2.75) is 20.8 Å². The van der Waals surface area contributed by atoms with E-state index in [1.54, 1.807) is 18.2 Å². The van der Waals surface area contributed by atoms with Crippen LogP contribution < -0.4 is 13.6 Å². The molecule has 0 saturated carbocycles. The monoisotopic (exact) mass is 440 g/mol. The molecular formula is C21H24GaO4P. The van der Waals surface area contributed by atoms with E-state index in [1.807, 2.05) is 75.4 Å². The summed E-state index contributed by atoms with van der Waals surface area (Å²) in [5, 5.41) is 0. The van der Waals surface area contributed by atoms with Crippen LogP contribution in [0.3, 0.4) is 0 Å². The van der Waals surface area contributed by atoms with Crippen LogP contribution in [0.2, 0.25) is 0 Å². The van der Waals surface area contributed by atoms with Crippen LogP contribution in [0.5, 0.6) is 17.2 Å². The first-order valence-corrected chi connectivity index (χ1v) is 9.79. The Labute approximate surface area is 173 Å². The van der Waals surface area contributed by atoms with Crippen molar-refractivity contribution in [3.63, 3.8) is 0 Å². The fraction of sp³-hybridized carbons (Fsp3) is 0.143. The van der Waals surface area contributed by atoms with E-state index in [0.29, 0.717) is 17.2 Å². The molecule has 0 heterocycles. The summed E-state index contributed by atoms with van der Waals surface area (Å²) in [7, 11) is -3.97. The quantitative estimate of drug-likeness (QED) is 0.396. The third-order valence-corrected chi connectivity index (χ3v) is 5.17. The first-order chi connectivity index (χ1) is 12.5. The summed E-state index contributed by atoms with van der Waals surface area (Å²) in [4.78, 5) is 0. The summed E-state index contributed by atoms with van der Waals surface area (Å²) in [6.07, 6.45) is 0. The predicted molar refractivity (Wildman–Crippen MR) is 113 cm³/mol. The zero-order chi connectivity index (χ0) is 18.6.